The van der Waals surface area contributed by atoms with Crippen LogP contribution in [-0.2, 0) is 4.79 Å². The predicted molar refractivity (Wildman–Crippen MR) is 51.5 cm³/mol. The second-order valence-electron chi connectivity index (χ2n) is 4.06. The molecule has 76 valence electrons. The van der Waals surface area contributed by atoms with Crippen LogP contribution in [0.15, 0.2) is 0 Å². The second-order valence-corrected chi connectivity index (χ2v) is 4.06. The van der Waals surface area contributed by atoms with E-state index in [0.29, 0.717) is 12.2 Å². The van der Waals surface area contributed by atoms with Crippen LogP contribution in [-0.4, -0.2) is 41.5 Å². The van der Waals surface area contributed by atoms with Crippen LogP contribution in [0.1, 0.15) is 26.7 Å². The molecule has 0 aromatic heterocycles. The summed E-state index contributed by atoms with van der Waals surface area (Å²) in [5.74, 6) is 0.566. The molecule has 0 radical (unpaired) electrons. The number of hydrogen-bond donors (Lipinski definition) is 1. The van der Waals surface area contributed by atoms with Crippen molar-refractivity contribution in [2.45, 2.75) is 32.8 Å². The Kier molecular flexibility index (Phi) is 3.88. The van der Waals surface area contributed by atoms with E-state index in [2.05, 4.69) is 4.90 Å². The molecule has 0 aromatic carbocycles. The van der Waals surface area contributed by atoms with E-state index in [9.17, 15) is 4.79 Å². The van der Waals surface area contributed by atoms with E-state index in [1.165, 1.54) is 0 Å². The first-order chi connectivity index (χ1) is 6.09. The summed E-state index contributed by atoms with van der Waals surface area (Å²) in [5.41, 5.74) is 0. The van der Waals surface area contributed by atoms with Gasteiger partial charge >= 0.3 is 0 Å². The van der Waals surface area contributed by atoms with E-state index < -0.39 is 0 Å². The largest absolute Gasteiger partial charge is 0.393 e. The van der Waals surface area contributed by atoms with Crippen molar-refractivity contribution in [2.24, 2.45) is 5.92 Å². The molecule has 1 fully saturated rings. The molecule has 3 heteroatoms. The van der Waals surface area contributed by atoms with Crippen LogP contribution in [0.4, 0.5) is 0 Å². The van der Waals surface area contributed by atoms with Crippen molar-refractivity contribution in [3.8, 4) is 0 Å². The van der Waals surface area contributed by atoms with Gasteiger partial charge in [-0.05, 0) is 13.3 Å². The third-order valence-electron chi connectivity index (χ3n) is 2.62. The molecule has 0 bridgehead atoms. The Labute approximate surface area is 79.7 Å². The van der Waals surface area contributed by atoms with E-state index in [1.807, 2.05) is 6.92 Å². The molecule has 1 rings (SSSR count). The maximum atomic E-state index is 11.2. The highest BCUT2D eigenvalue weighted by Gasteiger charge is 2.22. The van der Waals surface area contributed by atoms with Crippen LogP contribution in [0.2, 0.25) is 0 Å². The lowest BCUT2D eigenvalue weighted by Crippen LogP contribution is -2.40. The second kappa shape index (κ2) is 4.72. The number of Topliss-reactive ketones (excluding diaryl/α,β-unsaturated/α-hetero) is 1. The normalized spacial score (nSPS) is 27.6. The molecule has 0 amide bonds. The zero-order chi connectivity index (χ0) is 9.84. The van der Waals surface area contributed by atoms with Crippen molar-refractivity contribution in [1.29, 1.82) is 0 Å². The summed E-state index contributed by atoms with van der Waals surface area (Å²) in [6, 6.07) is 0. The fourth-order valence-electron chi connectivity index (χ4n) is 1.67. The fraction of sp³-hybridized carbons (Fsp3) is 0.900. The van der Waals surface area contributed by atoms with Crippen LogP contribution in [0.5, 0.6) is 0 Å². The van der Waals surface area contributed by atoms with Crippen molar-refractivity contribution in [3.63, 3.8) is 0 Å². The zero-order valence-corrected chi connectivity index (χ0v) is 8.49. The van der Waals surface area contributed by atoms with Gasteiger partial charge < -0.3 is 10.0 Å². The molecule has 1 aliphatic heterocycles. The predicted octanol–water partition coefficient (Wildman–Crippen LogP) is 0.668. The molecule has 0 aliphatic carbocycles. The zero-order valence-electron chi connectivity index (χ0n) is 8.49. The quantitative estimate of drug-likeness (QED) is 0.702. The number of aliphatic hydroxyl groups excluding tert-OH is 1. The number of nitrogens with zero attached hydrogens (tertiary/aromatic N) is 1. The molecule has 2 atom stereocenters. The molecule has 2 unspecified atom stereocenters. The molecule has 1 saturated heterocycles. The summed E-state index contributed by atoms with van der Waals surface area (Å²) in [6.07, 6.45) is 1.26. The highest BCUT2D eigenvalue weighted by atomic mass is 16.3. The highest BCUT2D eigenvalue weighted by molar-refractivity contribution is 5.81. The maximum Gasteiger partial charge on any atom is 0.138 e. The molecule has 1 heterocycles. The maximum absolute atomic E-state index is 11.2. The molecule has 1 aliphatic rings. The molecule has 1 N–H and O–H groups in total. The van der Waals surface area contributed by atoms with E-state index in [4.69, 9.17) is 5.11 Å². The molecule has 0 saturated carbocycles. The molecular formula is C10H19NO2. The Morgan fingerprint density at radius 1 is 1.69 bits per heavy atom. The van der Waals surface area contributed by atoms with Crippen LogP contribution in [0.3, 0.4) is 0 Å². The highest BCUT2D eigenvalue weighted by Crippen LogP contribution is 2.12. The summed E-state index contributed by atoms with van der Waals surface area (Å²) >= 11 is 0. The number of likely N-dealkylation sites (tertiary alicyclic amines) is 1. The summed E-state index contributed by atoms with van der Waals surface area (Å²) < 4.78 is 0. The summed E-state index contributed by atoms with van der Waals surface area (Å²) in [5, 5.41) is 9.11. The summed E-state index contributed by atoms with van der Waals surface area (Å²) in [6.45, 7) is 6.44. The molecule has 3 nitrogen and oxygen atoms in total. The standard InChI is InChI=1S/C10H19NO2/c1-8-7-11(5-3-9(2)12)6-4-10(8)13/h8-9,12H,3-7H2,1-2H3. The van der Waals surface area contributed by atoms with Gasteiger partial charge in [0, 0.05) is 32.0 Å². The fourth-order valence-corrected chi connectivity index (χ4v) is 1.67. The monoisotopic (exact) mass is 185 g/mol. The van der Waals surface area contributed by atoms with Gasteiger partial charge in [-0.15, -0.1) is 0 Å². The van der Waals surface area contributed by atoms with Crippen molar-refractivity contribution in [3.05, 3.63) is 0 Å². The Bertz CT molecular complexity index is 180. The van der Waals surface area contributed by atoms with Gasteiger partial charge in [-0.2, -0.15) is 0 Å². The van der Waals surface area contributed by atoms with E-state index in [0.717, 1.165) is 26.1 Å². The van der Waals surface area contributed by atoms with Crippen LogP contribution < -0.4 is 0 Å². The van der Waals surface area contributed by atoms with E-state index in [1.54, 1.807) is 6.92 Å². The Balaban J connectivity index is 2.25. The summed E-state index contributed by atoms with van der Waals surface area (Å²) in [4.78, 5) is 13.5. The number of ketones is 1. The topological polar surface area (TPSA) is 40.5 Å². The third kappa shape index (κ3) is 3.44. The number of rotatable bonds is 3. The summed E-state index contributed by atoms with van der Waals surface area (Å²) in [7, 11) is 0. The third-order valence-corrected chi connectivity index (χ3v) is 2.62. The minimum atomic E-state index is -0.229. The first-order valence-corrected chi connectivity index (χ1v) is 5.02. The van der Waals surface area contributed by atoms with Gasteiger partial charge in [0.1, 0.15) is 5.78 Å². The molecule has 0 aromatic rings. The van der Waals surface area contributed by atoms with Gasteiger partial charge in [0.2, 0.25) is 0 Å². The van der Waals surface area contributed by atoms with Gasteiger partial charge in [-0.1, -0.05) is 6.92 Å². The van der Waals surface area contributed by atoms with Crippen LogP contribution in [0.25, 0.3) is 0 Å². The van der Waals surface area contributed by atoms with Crippen molar-refractivity contribution in [2.75, 3.05) is 19.6 Å². The Morgan fingerprint density at radius 3 is 2.92 bits per heavy atom. The minimum Gasteiger partial charge on any atom is -0.393 e. The van der Waals surface area contributed by atoms with Gasteiger partial charge in [-0.3, -0.25) is 4.79 Å². The number of carbonyl (C=O) groups excluding carboxylic acids is 1. The lowest BCUT2D eigenvalue weighted by atomic mass is 9.98. The van der Waals surface area contributed by atoms with Gasteiger partial charge in [-0.25, -0.2) is 0 Å². The molecule has 0 spiro atoms. The number of carbonyl (C=O) groups is 1. The Morgan fingerprint density at radius 2 is 2.38 bits per heavy atom. The molecular weight excluding hydrogens is 166 g/mol. The smallest absolute Gasteiger partial charge is 0.138 e. The van der Waals surface area contributed by atoms with E-state index >= 15 is 0 Å². The van der Waals surface area contributed by atoms with Crippen molar-refractivity contribution < 1.29 is 9.90 Å². The van der Waals surface area contributed by atoms with Crippen molar-refractivity contribution in [1.82, 2.24) is 4.90 Å². The van der Waals surface area contributed by atoms with Gasteiger partial charge in [0.25, 0.3) is 0 Å². The van der Waals surface area contributed by atoms with Crippen LogP contribution in [0, 0.1) is 5.92 Å². The lowest BCUT2D eigenvalue weighted by molar-refractivity contribution is -0.125. The van der Waals surface area contributed by atoms with Crippen LogP contribution >= 0.6 is 0 Å². The molecule has 13 heavy (non-hydrogen) atoms. The minimum absolute atomic E-state index is 0.183. The van der Waals surface area contributed by atoms with E-state index in [-0.39, 0.29) is 12.0 Å². The van der Waals surface area contributed by atoms with Crippen molar-refractivity contribution >= 4 is 5.78 Å². The average Bonchev–Trinajstić information content (AvgIpc) is 2.07. The average molecular weight is 185 g/mol. The number of piperidine rings is 1. The number of hydrogen-bond acceptors (Lipinski definition) is 3. The first kappa shape index (κ1) is 10.7. The Hall–Kier alpha value is -0.410. The van der Waals surface area contributed by atoms with Gasteiger partial charge in [0.05, 0.1) is 6.10 Å². The SMILES string of the molecule is CC(O)CCN1CCC(=O)C(C)C1. The van der Waals surface area contributed by atoms with Gasteiger partial charge in [0.15, 0.2) is 0 Å². The lowest BCUT2D eigenvalue weighted by Gasteiger charge is -2.30. The number of aliphatic hydroxyl groups is 1. The first-order valence-electron chi connectivity index (χ1n) is 5.02.